The minimum atomic E-state index is -0.583. The van der Waals surface area contributed by atoms with Gasteiger partial charge in [-0.25, -0.2) is 0 Å². The summed E-state index contributed by atoms with van der Waals surface area (Å²) in [6.45, 7) is 6.46. The van der Waals surface area contributed by atoms with Gasteiger partial charge in [0.25, 0.3) is 0 Å². The quantitative estimate of drug-likeness (QED) is 0.771. The summed E-state index contributed by atoms with van der Waals surface area (Å²) < 4.78 is 0. The standard InChI is InChI=1S/C13H18N4O/c1-4-14-13(2,3)12(18)16-10-5-6-11-9(7-10)8-15-17-11/h5-8,14H,4H2,1-3H3,(H,15,17)(H,16,18). The molecule has 0 spiro atoms. The van der Waals surface area contributed by atoms with E-state index in [2.05, 4.69) is 20.8 Å². The van der Waals surface area contributed by atoms with Crippen molar-refractivity contribution in [3.05, 3.63) is 24.4 Å². The predicted molar refractivity (Wildman–Crippen MR) is 72.5 cm³/mol. The molecule has 5 heteroatoms. The van der Waals surface area contributed by atoms with E-state index < -0.39 is 5.54 Å². The average molecular weight is 246 g/mol. The lowest BCUT2D eigenvalue weighted by atomic mass is 10.0. The number of carbonyl (C=O) groups excluding carboxylic acids is 1. The van der Waals surface area contributed by atoms with Crippen LogP contribution in [0.4, 0.5) is 5.69 Å². The third kappa shape index (κ3) is 2.51. The number of likely N-dealkylation sites (N-methyl/N-ethyl adjacent to an activating group) is 1. The first kappa shape index (κ1) is 12.6. The number of aromatic nitrogens is 2. The number of benzene rings is 1. The Bertz CT molecular complexity index is 559. The van der Waals surface area contributed by atoms with Crippen molar-refractivity contribution in [2.75, 3.05) is 11.9 Å². The first-order valence-electron chi connectivity index (χ1n) is 6.02. The highest BCUT2D eigenvalue weighted by molar-refractivity contribution is 5.98. The van der Waals surface area contributed by atoms with Crippen molar-refractivity contribution in [3.63, 3.8) is 0 Å². The second kappa shape index (κ2) is 4.78. The van der Waals surface area contributed by atoms with Crippen LogP contribution in [0.3, 0.4) is 0 Å². The molecular weight excluding hydrogens is 228 g/mol. The van der Waals surface area contributed by atoms with Crippen LogP contribution in [-0.2, 0) is 4.79 Å². The molecule has 1 aromatic heterocycles. The molecule has 2 aromatic rings. The molecule has 5 nitrogen and oxygen atoms in total. The molecule has 0 radical (unpaired) electrons. The number of fused-ring (bicyclic) bond motifs is 1. The van der Waals surface area contributed by atoms with E-state index in [0.29, 0.717) is 0 Å². The summed E-state index contributed by atoms with van der Waals surface area (Å²) in [5.41, 5.74) is 1.15. The van der Waals surface area contributed by atoms with Gasteiger partial charge in [-0.15, -0.1) is 0 Å². The molecule has 0 aliphatic heterocycles. The second-order valence-corrected chi connectivity index (χ2v) is 4.78. The Hall–Kier alpha value is -1.88. The van der Waals surface area contributed by atoms with Crippen LogP contribution in [0.5, 0.6) is 0 Å². The zero-order chi connectivity index (χ0) is 13.2. The molecule has 1 heterocycles. The van der Waals surface area contributed by atoms with E-state index in [0.717, 1.165) is 23.1 Å². The molecule has 3 N–H and O–H groups in total. The van der Waals surface area contributed by atoms with E-state index in [1.807, 2.05) is 39.0 Å². The van der Waals surface area contributed by atoms with Crippen molar-refractivity contribution in [2.24, 2.45) is 0 Å². The predicted octanol–water partition coefficient (Wildman–Crippen LogP) is 1.89. The van der Waals surface area contributed by atoms with Gasteiger partial charge in [0.2, 0.25) is 5.91 Å². The van der Waals surface area contributed by atoms with Crippen LogP contribution in [0.15, 0.2) is 24.4 Å². The number of anilines is 1. The highest BCUT2D eigenvalue weighted by Gasteiger charge is 2.26. The maximum Gasteiger partial charge on any atom is 0.244 e. The van der Waals surface area contributed by atoms with Crippen molar-refractivity contribution in [1.29, 1.82) is 0 Å². The summed E-state index contributed by atoms with van der Waals surface area (Å²) >= 11 is 0. The number of H-pyrrole nitrogens is 1. The smallest absolute Gasteiger partial charge is 0.244 e. The first-order valence-corrected chi connectivity index (χ1v) is 6.02. The average Bonchev–Trinajstić information content (AvgIpc) is 2.76. The van der Waals surface area contributed by atoms with Gasteiger partial charge >= 0.3 is 0 Å². The SMILES string of the molecule is CCNC(C)(C)C(=O)Nc1ccc2[nH]ncc2c1. The number of nitrogens with zero attached hydrogens (tertiary/aromatic N) is 1. The van der Waals surface area contributed by atoms with Gasteiger partial charge in [-0.2, -0.15) is 5.10 Å². The van der Waals surface area contributed by atoms with Gasteiger partial charge in [0, 0.05) is 11.1 Å². The minimum Gasteiger partial charge on any atom is -0.324 e. The molecule has 0 bridgehead atoms. The molecule has 1 amide bonds. The highest BCUT2D eigenvalue weighted by Crippen LogP contribution is 2.17. The molecule has 18 heavy (non-hydrogen) atoms. The number of hydrogen-bond donors (Lipinski definition) is 3. The van der Waals surface area contributed by atoms with Gasteiger partial charge in [-0.05, 0) is 38.6 Å². The van der Waals surface area contributed by atoms with E-state index in [1.54, 1.807) is 6.20 Å². The number of aromatic amines is 1. The maximum absolute atomic E-state index is 12.1. The Labute approximate surface area is 106 Å². The lowest BCUT2D eigenvalue weighted by Crippen LogP contribution is -2.49. The summed E-state index contributed by atoms with van der Waals surface area (Å²) in [4.78, 5) is 12.1. The Balaban J connectivity index is 2.15. The van der Waals surface area contributed by atoms with E-state index >= 15 is 0 Å². The third-order valence-electron chi connectivity index (χ3n) is 2.88. The summed E-state index contributed by atoms with van der Waals surface area (Å²) in [7, 11) is 0. The van der Waals surface area contributed by atoms with Crippen LogP contribution in [0.1, 0.15) is 20.8 Å². The van der Waals surface area contributed by atoms with Crippen LogP contribution >= 0.6 is 0 Å². The van der Waals surface area contributed by atoms with Crippen LogP contribution in [0.25, 0.3) is 10.9 Å². The molecule has 2 rings (SSSR count). The van der Waals surface area contributed by atoms with Crippen molar-refractivity contribution in [3.8, 4) is 0 Å². The molecule has 0 unspecified atom stereocenters. The Morgan fingerprint density at radius 1 is 1.44 bits per heavy atom. The van der Waals surface area contributed by atoms with Crippen LogP contribution in [0.2, 0.25) is 0 Å². The molecular formula is C13H18N4O. The molecule has 1 aromatic carbocycles. The fourth-order valence-electron chi connectivity index (χ4n) is 1.83. The normalized spacial score (nSPS) is 11.7. The largest absolute Gasteiger partial charge is 0.324 e. The van der Waals surface area contributed by atoms with Gasteiger partial charge in [0.1, 0.15) is 0 Å². The van der Waals surface area contributed by atoms with Gasteiger partial charge in [0.05, 0.1) is 17.3 Å². The molecule has 96 valence electrons. The molecule has 0 fully saturated rings. The summed E-state index contributed by atoms with van der Waals surface area (Å²) in [6.07, 6.45) is 1.74. The van der Waals surface area contributed by atoms with Crippen LogP contribution < -0.4 is 10.6 Å². The molecule has 0 aliphatic rings. The molecule has 0 saturated carbocycles. The zero-order valence-corrected chi connectivity index (χ0v) is 10.9. The number of hydrogen-bond acceptors (Lipinski definition) is 3. The fourth-order valence-corrected chi connectivity index (χ4v) is 1.83. The molecule has 0 atom stereocenters. The third-order valence-corrected chi connectivity index (χ3v) is 2.88. The van der Waals surface area contributed by atoms with Crippen LogP contribution in [0, 0.1) is 0 Å². The second-order valence-electron chi connectivity index (χ2n) is 4.78. The van der Waals surface area contributed by atoms with E-state index in [-0.39, 0.29) is 5.91 Å². The summed E-state index contributed by atoms with van der Waals surface area (Å²) in [6, 6.07) is 5.66. The Kier molecular flexibility index (Phi) is 3.34. The number of carbonyl (C=O) groups is 1. The molecule has 0 aliphatic carbocycles. The Morgan fingerprint density at radius 2 is 2.22 bits per heavy atom. The molecule has 0 saturated heterocycles. The lowest BCUT2D eigenvalue weighted by Gasteiger charge is -2.24. The number of rotatable bonds is 4. The maximum atomic E-state index is 12.1. The topological polar surface area (TPSA) is 69.8 Å². The minimum absolute atomic E-state index is 0.0489. The van der Waals surface area contributed by atoms with Crippen LogP contribution in [-0.4, -0.2) is 28.2 Å². The fraction of sp³-hybridized carbons (Fsp3) is 0.385. The zero-order valence-electron chi connectivity index (χ0n) is 10.9. The van der Waals surface area contributed by atoms with Crippen molar-refractivity contribution >= 4 is 22.5 Å². The number of amides is 1. The van der Waals surface area contributed by atoms with Gasteiger partial charge in [-0.3, -0.25) is 9.89 Å². The van der Waals surface area contributed by atoms with E-state index in [9.17, 15) is 4.79 Å². The number of nitrogens with one attached hydrogen (secondary N) is 3. The van der Waals surface area contributed by atoms with Crippen molar-refractivity contribution in [1.82, 2.24) is 15.5 Å². The van der Waals surface area contributed by atoms with Gasteiger partial charge < -0.3 is 10.6 Å². The lowest BCUT2D eigenvalue weighted by molar-refractivity contribution is -0.121. The van der Waals surface area contributed by atoms with E-state index in [1.165, 1.54) is 0 Å². The monoisotopic (exact) mass is 246 g/mol. The van der Waals surface area contributed by atoms with Crippen molar-refractivity contribution < 1.29 is 4.79 Å². The van der Waals surface area contributed by atoms with Gasteiger partial charge in [0.15, 0.2) is 0 Å². The summed E-state index contributed by atoms with van der Waals surface area (Å²) in [5.74, 6) is -0.0489. The first-order chi connectivity index (χ1) is 8.53. The van der Waals surface area contributed by atoms with Gasteiger partial charge in [-0.1, -0.05) is 6.92 Å². The highest BCUT2D eigenvalue weighted by atomic mass is 16.2. The summed E-state index contributed by atoms with van der Waals surface area (Å²) in [5, 5.41) is 13.9. The van der Waals surface area contributed by atoms with Crippen molar-refractivity contribution in [2.45, 2.75) is 26.3 Å². The Morgan fingerprint density at radius 3 is 2.94 bits per heavy atom. The van der Waals surface area contributed by atoms with E-state index in [4.69, 9.17) is 0 Å².